The third kappa shape index (κ3) is 3.50. The van der Waals surface area contributed by atoms with E-state index in [1.807, 2.05) is 20.9 Å². The van der Waals surface area contributed by atoms with Gasteiger partial charge in [-0.15, -0.1) is 0 Å². The summed E-state index contributed by atoms with van der Waals surface area (Å²) in [5, 5.41) is 23.8. The SMILES string of the molecule is Cc1nn(CC(O)CN(C)CC2CC(O)C2)c(C)c1N. The van der Waals surface area contributed by atoms with Crippen molar-refractivity contribution in [2.45, 2.75) is 45.4 Å². The minimum absolute atomic E-state index is 0.115. The van der Waals surface area contributed by atoms with Gasteiger partial charge in [0.15, 0.2) is 0 Å². The van der Waals surface area contributed by atoms with Gasteiger partial charge in [-0.3, -0.25) is 4.68 Å². The van der Waals surface area contributed by atoms with Crippen LogP contribution in [0.3, 0.4) is 0 Å². The predicted octanol–water partition coefficient (Wildman–Crippen LogP) is 0.146. The molecule has 0 bridgehead atoms. The number of aliphatic hydroxyl groups is 2. The molecule has 0 saturated heterocycles. The lowest BCUT2D eigenvalue weighted by atomic mass is 9.82. The highest BCUT2D eigenvalue weighted by atomic mass is 16.3. The monoisotopic (exact) mass is 282 g/mol. The van der Waals surface area contributed by atoms with E-state index in [4.69, 9.17) is 5.73 Å². The minimum atomic E-state index is -0.470. The van der Waals surface area contributed by atoms with E-state index < -0.39 is 6.10 Å². The Hall–Kier alpha value is -1.11. The highest BCUT2D eigenvalue weighted by Crippen LogP contribution is 2.27. The van der Waals surface area contributed by atoms with Gasteiger partial charge in [-0.05, 0) is 39.7 Å². The van der Waals surface area contributed by atoms with E-state index in [-0.39, 0.29) is 6.10 Å². The molecule has 1 aliphatic rings. The van der Waals surface area contributed by atoms with Crippen molar-refractivity contribution in [2.75, 3.05) is 25.9 Å². The highest BCUT2D eigenvalue weighted by molar-refractivity contribution is 5.46. The van der Waals surface area contributed by atoms with Crippen LogP contribution in [-0.4, -0.2) is 57.2 Å². The fraction of sp³-hybridized carbons (Fsp3) is 0.786. The maximum atomic E-state index is 10.2. The standard InChI is InChI=1S/C14H26N4O2/c1-9-14(15)10(2)18(16-9)8-13(20)7-17(3)6-11-4-12(19)5-11/h11-13,19-20H,4-8,15H2,1-3H3. The summed E-state index contributed by atoms with van der Waals surface area (Å²) in [4.78, 5) is 2.12. The molecule has 114 valence electrons. The molecule has 0 aliphatic heterocycles. The lowest BCUT2D eigenvalue weighted by Gasteiger charge is -2.35. The second kappa shape index (κ2) is 6.11. The number of nitrogens with two attached hydrogens (primary N) is 1. The van der Waals surface area contributed by atoms with Crippen LogP contribution in [-0.2, 0) is 6.54 Å². The second-order valence-electron chi connectivity index (χ2n) is 6.13. The summed E-state index contributed by atoms with van der Waals surface area (Å²) in [6, 6.07) is 0. The number of likely N-dealkylation sites (N-methyl/N-ethyl adjacent to an activating group) is 1. The van der Waals surface area contributed by atoms with Crippen LogP contribution in [0.25, 0.3) is 0 Å². The van der Waals surface area contributed by atoms with Gasteiger partial charge in [0.1, 0.15) is 0 Å². The Morgan fingerprint density at radius 2 is 2.10 bits per heavy atom. The molecular weight excluding hydrogens is 256 g/mol. The third-order valence-corrected chi connectivity index (χ3v) is 4.12. The molecular formula is C14H26N4O2. The Morgan fingerprint density at radius 1 is 1.45 bits per heavy atom. The van der Waals surface area contributed by atoms with Crippen molar-refractivity contribution in [3.05, 3.63) is 11.4 Å². The fourth-order valence-electron chi connectivity index (χ4n) is 2.87. The van der Waals surface area contributed by atoms with Crippen molar-refractivity contribution in [3.63, 3.8) is 0 Å². The first-order chi connectivity index (χ1) is 9.36. The van der Waals surface area contributed by atoms with Crippen molar-refractivity contribution in [1.29, 1.82) is 0 Å². The molecule has 2 rings (SSSR count). The van der Waals surface area contributed by atoms with Crippen molar-refractivity contribution < 1.29 is 10.2 Å². The van der Waals surface area contributed by atoms with Crippen LogP contribution in [0.1, 0.15) is 24.2 Å². The molecule has 1 aromatic rings. The van der Waals surface area contributed by atoms with Crippen LogP contribution in [0.2, 0.25) is 0 Å². The Balaban J connectivity index is 1.79. The molecule has 4 N–H and O–H groups in total. The molecule has 1 saturated carbocycles. The van der Waals surface area contributed by atoms with Crippen LogP contribution in [0.5, 0.6) is 0 Å². The Morgan fingerprint density at radius 3 is 2.60 bits per heavy atom. The van der Waals surface area contributed by atoms with Gasteiger partial charge >= 0.3 is 0 Å². The van der Waals surface area contributed by atoms with Crippen molar-refractivity contribution in [3.8, 4) is 0 Å². The molecule has 1 aromatic heterocycles. The molecule has 0 spiro atoms. The van der Waals surface area contributed by atoms with Crippen molar-refractivity contribution in [2.24, 2.45) is 5.92 Å². The zero-order valence-corrected chi connectivity index (χ0v) is 12.6. The molecule has 0 radical (unpaired) electrons. The van der Waals surface area contributed by atoms with Gasteiger partial charge in [-0.2, -0.15) is 5.10 Å². The van der Waals surface area contributed by atoms with Gasteiger partial charge in [-0.25, -0.2) is 0 Å². The zero-order chi connectivity index (χ0) is 14.9. The van der Waals surface area contributed by atoms with Crippen LogP contribution < -0.4 is 5.73 Å². The summed E-state index contributed by atoms with van der Waals surface area (Å²) in [5.41, 5.74) is 8.31. The topological polar surface area (TPSA) is 87.5 Å². The van der Waals surface area contributed by atoms with Gasteiger partial charge in [-0.1, -0.05) is 0 Å². The summed E-state index contributed by atoms with van der Waals surface area (Å²) in [7, 11) is 2.00. The molecule has 1 atom stereocenters. The predicted molar refractivity (Wildman–Crippen MR) is 78.3 cm³/mol. The average molecular weight is 282 g/mol. The number of nitrogens with zero attached hydrogens (tertiary/aromatic N) is 3. The molecule has 1 aliphatic carbocycles. The number of aryl methyl sites for hydroxylation is 1. The van der Waals surface area contributed by atoms with Gasteiger partial charge in [0.25, 0.3) is 0 Å². The number of nitrogen functional groups attached to an aromatic ring is 1. The van der Waals surface area contributed by atoms with E-state index in [1.54, 1.807) is 4.68 Å². The normalized spacial score (nSPS) is 23.9. The van der Waals surface area contributed by atoms with Gasteiger partial charge in [0.05, 0.1) is 35.8 Å². The quantitative estimate of drug-likeness (QED) is 0.691. The van der Waals surface area contributed by atoms with E-state index in [0.717, 1.165) is 30.8 Å². The molecule has 0 aromatic carbocycles. The van der Waals surface area contributed by atoms with Gasteiger partial charge < -0.3 is 20.8 Å². The Bertz CT molecular complexity index is 454. The van der Waals surface area contributed by atoms with E-state index in [9.17, 15) is 10.2 Å². The summed E-state index contributed by atoms with van der Waals surface area (Å²) < 4.78 is 1.77. The van der Waals surface area contributed by atoms with Gasteiger partial charge in [0.2, 0.25) is 0 Å². The summed E-state index contributed by atoms with van der Waals surface area (Å²) in [5.74, 6) is 0.562. The maximum absolute atomic E-state index is 10.2. The lowest BCUT2D eigenvalue weighted by Crippen LogP contribution is -2.40. The minimum Gasteiger partial charge on any atom is -0.396 e. The second-order valence-corrected chi connectivity index (χ2v) is 6.13. The molecule has 1 unspecified atom stereocenters. The molecule has 0 amide bonds. The zero-order valence-electron chi connectivity index (χ0n) is 12.6. The number of anilines is 1. The number of hydrogen-bond donors (Lipinski definition) is 3. The lowest BCUT2D eigenvalue weighted by molar-refractivity contribution is 0.0194. The number of aromatic nitrogens is 2. The summed E-state index contributed by atoms with van der Waals surface area (Å²) in [6.45, 7) is 5.78. The fourth-order valence-corrected chi connectivity index (χ4v) is 2.87. The summed E-state index contributed by atoms with van der Waals surface area (Å²) in [6.07, 6.45) is 1.18. The maximum Gasteiger partial charge on any atom is 0.0862 e. The first kappa shape index (κ1) is 15.3. The molecule has 1 heterocycles. The smallest absolute Gasteiger partial charge is 0.0862 e. The van der Waals surface area contributed by atoms with E-state index >= 15 is 0 Å². The van der Waals surface area contributed by atoms with Crippen molar-refractivity contribution >= 4 is 5.69 Å². The first-order valence-corrected chi connectivity index (χ1v) is 7.21. The highest BCUT2D eigenvalue weighted by Gasteiger charge is 2.28. The molecule has 1 fully saturated rings. The van der Waals surface area contributed by atoms with E-state index in [0.29, 0.717) is 24.7 Å². The number of aliphatic hydroxyl groups excluding tert-OH is 2. The van der Waals surface area contributed by atoms with Crippen LogP contribution in [0.15, 0.2) is 0 Å². The summed E-state index contributed by atoms with van der Waals surface area (Å²) >= 11 is 0. The number of hydrogen-bond acceptors (Lipinski definition) is 5. The van der Waals surface area contributed by atoms with E-state index in [2.05, 4.69) is 10.00 Å². The van der Waals surface area contributed by atoms with Gasteiger partial charge in [0, 0.05) is 13.1 Å². The molecule has 20 heavy (non-hydrogen) atoms. The van der Waals surface area contributed by atoms with E-state index in [1.165, 1.54) is 0 Å². The molecule has 6 heteroatoms. The van der Waals surface area contributed by atoms with Crippen LogP contribution >= 0.6 is 0 Å². The van der Waals surface area contributed by atoms with Crippen LogP contribution in [0, 0.1) is 19.8 Å². The average Bonchev–Trinajstić information content (AvgIpc) is 2.55. The molecule has 6 nitrogen and oxygen atoms in total. The Kier molecular flexibility index (Phi) is 4.67. The number of rotatable bonds is 6. The Labute approximate surface area is 120 Å². The largest absolute Gasteiger partial charge is 0.396 e. The first-order valence-electron chi connectivity index (χ1n) is 7.21. The van der Waals surface area contributed by atoms with Crippen LogP contribution in [0.4, 0.5) is 5.69 Å². The third-order valence-electron chi connectivity index (χ3n) is 4.12. The van der Waals surface area contributed by atoms with Crippen molar-refractivity contribution in [1.82, 2.24) is 14.7 Å².